The van der Waals surface area contributed by atoms with Crippen LogP contribution in [0.5, 0.6) is 0 Å². The quantitative estimate of drug-likeness (QED) is 0.753. The molecule has 6 heteroatoms. The summed E-state index contributed by atoms with van der Waals surface area (Å²) in [7, 11) is -3.57. The Hall–Kier alpha value is -1.42. The van der Waals surface area contributed by atoms with Gasteiger partial charge in [0.05, 0.1) is 22.6 Å². The van der Waals surface area contributed by atoms with Crippen LogP contribution < -0.4 is 4.72 Å². The average Bonchev–Trinajstić information content (AvgIpc) is 2.34. The van der Waals surface area contributed by atoms with Crippen LogP contribution in [0.3, 0.4) is 0 Å². The zero-order valence-electron chi connectivity index (χ0n) is 10.1. The smallest absolute Gasteiger partial charge is 0.240 e. The van der Waals surface area contributed by atoms with Crippen molar-refractivity contribution in [2.45, 2.75) is 30.8 Å². The molecule has 0 saturated heterocycles. The predicted molar refractivity (Wildman–Crippen MR) is 67.3 cm³/mol. The van der Waals surface area contributed by atoms with E-state index in [1.54, 1.807) is 13.0 Å². The highest BCUT2D eigenvalue weighted by atomic mass is 32.2. The summed E-state index contributed by atoms with van der Waals surface area (Å²) in [6, 6.07) is 7.75. The molecule has 5 nitrogen and oxygen atoms in total. The van der Waals surface area contributed by atoms with Crippen LogP contribution in [-0.2, 0) is 10.0 Å². The van der Waals surface area contributed by atoms with Crippen molar-refractivity contribution in [1.82, 2.24) is 4.72 Å². The van der Waals surface area contributed by atoms with E-state index < -0.39 is 16.1 Å². The van der Waals surface area contributed by atoms with Crippen molar-refractivity contribution in [2.24, 2.45) is 0 Å². The molecule has 1 atom stereocenters. The van der Waals surface area contributed by atoms with Gasteiger partial charge in [-0.2, -0.15) is 5.26 Å². The number of nitrogens with one attached hydrogen (secondary N) is 1. The number of hydrogen-bond acceptors (Lipinski definition) is 4. The average molecular weight is 268 g/mol. The van der Waals surface area contributed by atoms with Gasteiger partial charge in [0.2, 0.25) is 10.0 Å². The van der Waals surface area contributed by atoms with E-state index in [0.29, 0.717) is 18.4 Å². The van der Waals surface area contributed by atoms with E-state index in [0.717, 1.165) is 0 Å². The number of rotatable bonds is 6. The van der Waals surface area contributed by atoms with Crippen LogP contribution in [0.1, 0.15) is 25.3 Å². The standard InChI is InChI=1S/C12H16N2O3S/c1-10(15)4-3-7-14-18(16,17)12-6-2-5-11(8-12)9-13/h2,5-6,8,10,14-15H,3-4,7H2,1H3. The molecule has 0 aliphatic carbocycles. The normalized spacial score (nSPS) is 12.9. The van der Waals surface area contributed by atoms with Gasteiger partial charge in [0.15, 0.2) is 0 Å². The lowest BCUT2D eigenvalue weighted by Gasteiger charge is -2.07. The molecule has 1 aromatic rings. The van der Waals surface area contributed by atoms with Gasteiger partial charge >= 0.3 is 0 Å². The van der Waals surface area contributed by atoms with E-state index in [9.17, 15) is 8.42 Å². The summed E-state index contributed by atoms with van der Waals surface area (Å²) in [6.07, 6.45) is 0.673. The molecule has 0 saturated carbocycles. The van der Waals surface area contributed by atoms with Crippen molar-refractivity contribution < 1.29 is 13.5 Å². The zero-order chi connectivity index (χ0) is 13.6. The van der Waals surface area contributed by atoms with Crippen molar-refractivity contribution in [1.29, 1.82) is 5.26 Å². The van der Waals surface area contributed by atoms with Gasteiger partial charge in [-0.15, -0.1) is 0 Å². The van der Waals surface area contributed by atoms with Gasteiger partial charge in [-0.25, -0.2) is 13.1 Å². The summed E-state index contributed by atoms with van der Waals surface area (Å²) in [5.41, 5.74) is 0.307. The second-order valence-electron chi connectivity index (χ2n) is 4.03. The Kier molecular flexibility index (Phi) is 5.28. The maximum absolute atomic E-state index is 11.9. The van der Waals surface area contributed by atoms with Crippen LogP contribution in [0.15, 0.2) is 29.2 Å². The molecule has 1 aromatic carbocycles. The van der Waals surface area contributed by atoms with Crippen LogP contribution in [0, 0.1) is 11.3 Å². The van der Waals surface area contributed by atoms with Gasteiger partial charge in [0.25, 0.3) is 0 Å². The van der Waals surface area contributed by atoms with Gasteiger partial charge in [-0.1, -0.05) is 6.07 Å². The molecule has 0 aromatic heterocycles. The third kappa shape index (κ3) is 4.45. The molecule has 0 bridgehead atoms. The summed E-state index contributed by atoms with van der Waals surface area (Å²) in [4.78, 5) is 0.0820. The van der Waals surface area contributed by atoms with Gasteiger partial charge in [-0.05, 0) is 38.0 Å². The summed E-state index contributed by atoms with van der Waals surface area (Å²) in [5, 5.41) is 17.8. The minimum atomic E-state index is -3.57. The maximum Gasteiger partial charge on any atom is 0.240 e. The molecule has 0 spiro atoms. The van der Waals surface area contributed by atoms with Crippen molar-refractivity contribution in [3.8, 4) is 6.07 Å². The van der Waals surface area contributed by atoms with Crippen molar-refractivity contribution in [2.75, 3.05) is 6.54 Å². The maximum atomic E-state index is 11.9. The predicted octanol–water partition coefficient (Wildman–Crippen LogP) is 0.998. The lowest BCUT2D eigenvalue weighted by atomic mass is 10.2. The van der Waals surface area contributed by atoms with Gasteiger partial charge in [-0.3, -0.25) is 0 Å². The molecule has 1 unspecified atom stereocenters. The Bertz CT molecular complexity index is 532. The van der Waals surface area contributed by atoms with E-state index in [-0.39, 0.29) is 11.4 Å². The molecule has 98 valence electrons. The Morgan fingerprint density at radius 2 is 2.22 bits per heavy atom. The van der Waals surface area contributed by atoms with Crippen LogP contribution in [-0.4, -0.2) is 26.2 Å². The molecule has 2 N–H and O–H groups in total. The van der Waals surface area contributed by atoms with Crippen LogP contribution >= 0.6 is 0 Å². The first kappa shape index (κ1) is 14.6. The number of nitriles is 1. The van der Waals surface area contributed by atoms with Gasteiger partial charge in [0, 0.05) is 6.54 Å². The molecule has 0 fully saturated rings. The molecule has 0 aliphatic rings. The highest BCUT2D eigenvalue weighted by Crippen LogP contribution is 2.10. The van der Waals surface area contributed by atoms with Gasteiger partial charge < -0.3 is 5.11 Å². The Morgan fingerprint density at radius 1 is 1.50 bits per heavy atom. The first-order valence-electron chi connectivity index (χ1n) is 5.63. The molecule has 1 rings (SSSR count). The van der Waals surface area contributed by atoms with E-state index >= 15 is 0 Å². The van der Waals surface area contributed by atoms with Crippen molar-refractivity contribution >= 4 is 10.0 Å². The SMILES string of the molecule is CC(O)CCCNS(=O)(=O)c1cccc(C#N)c1. The van der Waals surface area contributed by atoms with E-state index in [2.05, 4.69) is 4.72 Å². The third-order valence-corrected chi connectivity index (χ3v) is 3.82. The first-order chi connectivity index (χ1) is 8.45. The second kappa shape index (κ2) is 6.50. The fourth-order valence-corrected chi connectivity index (χ4v) is 2.54. The van der Waals surface area contributed by atoms with Gasteiger partial charge in [0.1, 0.15) is 0 Å². The highest BCUT2D eigenvalue weighted by Gasteiger charge is 2.13. The monoisotopic (exact) mass is 268 g/mol. The number of sulfonamides is 1. The van der Waals surface area contributed by atoms with Crippen LogP contribution in [0.25, 0.3) is 0 Å². The Morgan fingerprint density at radius 3 is 2.83 bits per heavy atom. The second-order valence-corrected chi connectivity index (χ2v) is 5.80. The molecule has 0 heterocycles. The number of aliphatic hydroxyl groups is 1. The molecular formula is C12H16N2O3S. The molecule has 0 radical (unpaired) electrons. The summed E-state index contributed by atoms with van der Waals surface area (Å²) >= 11 is 0. The highest BCUT2D eigenvalue weighted by molar-refractivity contribution is 7.89. The molecule has 0 amide bonds. The lowest BCUT2D eigenvalue weighted by molar-refractivity contribution is 0.182. The van der Waals surface area contributed by atoms with Crippen LogP contribution in [0.2, 0.25) is 0 Å². The summed E-state index contributed by atoms with van der Waals surface area (Å²) in [6.45, 7) is 1.93. The Balaban J connectivity index is 2.66. The topological polar surface area (TPSA) is 90.2 Å². The van der Waals surface area contributed by atoms with Crippen molar-refractivity contribution in [3.05, 3.63) is 29.8 Å². The van der Waals surface area contributed by atoms with Crippen LogP contribution in [0.4, 0.5) is 0 Å². The molecule has 18 heavy (non-hydrogen) atoms. The Labute approximate surface area is 107 Å². The number of nitrogens with zero attached hydrogens (tertiary/aromatic N) is 1. The lowest BCUT2D eigenvalue weighted by Crippen LogP contribution is -2.25. The molecule has 0 aliphatic heterocycles. The number of hydrogen-bond donors (Lipinski definition) is 2. The van der Waals surface area contributed by atoms with E-state index in [1.807, 2.05) is 6.07 Å². The fourth-order valence-electron chi connectivity index (χ4n) is 1.42. The fraction of sp³-hybridized carbons (Fsp3) is 0.417. The summed E-state index contributed by atoms with van der Waals surface area (Å²) < 4.78 is 26.2. The largest absolute Gasteiger partial charge is 0.393 e. The molecular weight excluding hydrogens is 252 g/mol. The number of aliphatic hydroxyl groups excluding tert-OH is 1. The van der Waals surface area contributed by atoms with Crippen molar-refractivity contribution in [3.63, 3.8) is 0 Å². The first-order valence-corrected chi connectivity index (χ1v) is 7.12. The minimum Gasteiger partial charge on any atom is -0.393 e. The van der Waals surface area contributed by atoms with E-state index in [4.69, 9.17) is 10.4 Å². The van der Waals surface area contributed by atoms with E-state index in [1.165, 1.54) is 18.2 Å². The zero-order valence-corrected chi connectivity index (χ0v) is 10.9. The minimum absolute atomic E-state index is 0.0820. The summed E-state index contributed by atoms with van der Waals surface area (Å²) in [5.74, 6) is 0. The third-order valence-electron chi connectivity index (χ3n) is 2.36. The number of benzene rings is 1.